The Labute approximate surface area is 119 Å². The Hall–Kier alpha value is -1.59. The lowest BCUT2D eigenvalue weighted by Gasteiger charge is -2.19. The molecule has 6 nitrogen and oxygen atoms in total. The molecule has 0 aromatic carbocycles. The lowest BCUT2D eigenvalue weighted by molar-refractivity contribution is -0.147. The summed E-state index contributed by atoms with van der Waals surface area (Å²) in [7, 11) is 0. The van der Waals surface area contributed by atoms with Gasteiger partial charge < -0.3 is 15.0 Å². The topological polar surface area (TPSA) is 75.7 Å². The molecule has 1 rings (SSSR count). The van der Waals surface area contributed by atoms with Crippen LogP contribution in [0.25, 0.3) is 0 Å². The van der Waals surface area contributed by atoms with Gasteiger partial charge >= 0.3 is 5.97 Å². The van der Waals surface area contributed by atoms with Gasteiger partial charge in [0.25, 0.3) is 0 Å². The van der Waals surface area contributed by atoms with Crippen LogP contribution < -0.4 is 5.32 Å². The van der Waals surface area contributed by atoms with Gasteiger partial charge in [0, 0.05) is 19.5 Å². The number of rotatable bonds is 6. The van der Waals surface area contributed by atoms with E-state index in [2.05, 4.69) is 5.32 Å². The molecular weight excluding hydrogens is 260 g/mol. The van der Waals surface area contributed by atoms with Gasteiger partial charge in [0.15, 0.2) is 0 Å². The van der Waals surface area contributed by atoms with E-state index in [-0.39, 0.29) is 30.8 Å². The quantitative estimate of drug-likeness (QED) is 0.723. The number of amides is 2. The molecule has 2 amide bonds. The summed E-state index contributed by atoms with van der Waals surface area (Å²) in [6.45, 7) is 8.73. The molecule has 1 aliphatic heterocycles. The fourth-order valence-corrected chi connectivity index (χ4v) is 2.22. The van der Waals surface area contributed by atoms with Crippen LogP contribution in [-0.4, -0.2) is 48.4 Å². The Balaban J connectivity index is 2.49. The largest absolute Gasteiger partial charge is 0.464 e. The van der Waals surface area contributed by atoms with E-state index in [9.17, 15) is 14.4 Å². The molecular formula is C14H24N2O4. The second kappa shape index (κ2) is 7.26. The van der Waals surface area contributed by atoms with E-state index in [1.54, 1.807) is 18.7 Å². The van der Waals surface area contributed by atoms with Gasteiger partial charge in [0.05, 0.1) is 12.5 Å². The molecule has 1 N–H and O–H groups in total. The first kappa shape index (κ1) is 16.5. The van der Waals surface area contributed by atoms with Gasteiger partial charge in [-0.15, -0.1) is 0 Å². The maximum absolute atomic E-state index is 12.0. The highest BCUT2D eigenvalue weighted by molar-refractivity contribution is 5.91. The number of nitrogens with one attached hydrogen (secondary N) is 1. The van der Waals surface area contributed by atoms with Crippen molar-refractivity contribution in [3.05, 3.63) is 0 Å². The van der Waals surface area contributed by atoms with Gasteiger partial charge in [-0.1, -0.05) is 13.8 Å². The Bertz CT molecular complexity index is 381. The highest BCUT2D eigenvalue weighted by Gasteiger charge is 2.35. The smallest absolute Gasteiger partial charge is 0.328 e. The molecule has 0 saturated carbocycles. The van der Waals surface area contributed by atoms with Crippen molar-refractivity contribution in [1.29, 1.82) is 0 Å². The molecule has 0 spiro atoms. The summed E-state index contributed by atoms with van der Waals surface area (Å²) in [5.41, 5.74) is 0. The average Bonchev–Trinajstić information content (AvgIpc) is 2.70. The first-order valence-electron chi connectivity index (χ1n) is 7.09. The van der Waals surface area contributed by atoms with Crippen LogP contribution in [0.2, 0.25) is 0 Å². The minimum absolute atomic E-state index is 0.00244. The van der Waals surface area contributed by atoms with Crippen LogP contribution in [-0.2, 0) is 19.1 Å². The summed E-state index contributed by atoms with van der Waals surface area (Å²) in [6, 6.07) is -0.684. The maximum Gasteiger partial charge on any atom is 0.328 e. The summed E-state index contributed by atoms with van der Waals surface area (Å²) in [5.74, 6) is -0.714. The molecule has 0 aliphatic carbocycles. The van der Waals surface area contributed by atoms with Crippen LogP contribution >= 0.6 is 0 Å². The van der Waals surface area contributed by atoms with Gasteiger partial charge in [-0.2, -0.15) is 0 Å². The van der Waals surface area contributed by atoms with E-state index < -0.39 is 12.0 Å². The van der Waals surface area contributed by atoms with E-state index in [4.69, 9.17) is 4.74 Å². The molecule has 2 atom stereocenters. The predicted molar refractivity (Wildman–Crippen MR) is 73.8 cm³/mol. The molecule has 1 fully saturated rings. The molecule has 0 aromatic rings. The first-order chi connectivity index (χ1) is 9.35. The summed E-state index contributed by atoms with van der Waals surface area (Å²) in [6.07, 6.45) is 0.216. The van der Waals surface area contributed by atoms with Crippen LogP contribution in [0.1, 0.15) is 34.1 Å². The Morgan fingerprint density at radius 2 is 2.05 bits per heavy atom. The van der Waals surface area contributed by atoms with Crippen molar-refractivity contribution in [3.8, 4) is 0 Å². The standard InChI is InChI=1S/C14H24N2O4/c1-5-20-14(19)10(4)15-13(18)11-6-12(17)16(8-11)7-9(2)3/h9-11H,5-8H2,1-4H3,(H,15,18). The van der Waals surface area contributed by atoms with Crippen LogP contribution in [0.3, 0.4) is 0 Å². The molecule has 1 aliphatic rings. The normalized spacial score (nSPS) is 20.1. The molecule has 2 unspecified atom stereocenters. The fraction of sp³-hybridized carbons (Fsp3) is 0.786. The molecule has 0 aromatic heterocycles. The highest BCUT2D eigenvalue weighted by atomic mass is 16.5. The Morgan fingerprint density at radius 1 is 1.40 bits per heavy atom. The van der Waals surface area contributed by atoms with E-state index in [1.807, 2.05) is 13.8 Å². The number of ether oxygens (including phenoxy) is 1. The van der Waals surface area contributed by atoms with E-state index >= 15 is 0 Å². The number of carbonyl (C=O) groups excluding carboxylic acids is 3. The monoisotopic (exact) mass is 284 g/mol. The van der Waals surface area contributed by atoms with Crippen molar-refractivity contribution in [3.63, 3.8) is 0 Å². The number of hydrogen-bond donors (Lipinski definition) is 1. The van der Waals surface area contributed by atoms with Crippen LogP contribution in [0, 0.1) is 11.8 Å². The Kier molecular flexibility index (Phi) is 5.98. The van der Waals surface area contributed by atoms with E-state index in [0.717, 1.165) is 0 Å². The number of carbonyl (C=O) groups is 3. The minimum atomic E-state index is -0.684. The van der Waals surface area contributed by atoms with Crippen LogP contribution in [0.5, 0.6) is 0 Å². The average molecular weight is 284 g/mol. The lowest BCUT2D eigenvalue weighted by atomic mass is 10.1. The number of likely N-dealkylation sites (tertiary alicyclic amines) is 1. The minimum Gasteiger partial charge on any atom is -0.464 e. The second-order valence-electron chi connectivity index (χ2n) is 5.58. The van der Waals surface area contributed by atoms with Crippen molar-refractivity contribution in [2.45, 2.75) is 40.2 Å². The zero-order chi connectivity index (χ0) is 15.3. The lowest BCUT2D eigenvalue weighted by Crippen LogP contribution is -2.43. The summed E-state index contributed by atoms with van der Waals surface area (Å²) in [4.78, 5) is 37.0. The Morgan fingerprint density at radius 3 is 2.60 bits per heavy atom. The molecule has 20 heavy (non-hydrogen) atoms. The van der Waals surface area contributed by atoms with Gasteiger partial charge in [-0.25, -0.2) is 4.79 Å². The van der Waals surface area contributed by atoms with E-state index in [1.165, 1.54) is 0 Å². The summed E-state index contributed by atoms with van der Waals surface area (Å²) < 4.78 is 4.83. The van der Waals surface area contributed by atoms with Crippen molar-refractivity contribution in [1.82, 2.24) is 10.2 Å². The third-order valence-corrected chi connectivity index (χ3v) is 3.17. The van der Waals surface area contributed by atoms with Crippen molar-refractivity contribution < 1.29 is 19.1 Å². The molecule has 114 valence electrons. The highest BCUT2D eigenvalue weighted by Crippen LogP contribution is 2.19. The van der Waals surface area contributed by atoms with Gasteiger partial charge in [0.2, 0.25) is 11.8 Å². The molecule has 6 heteroatoms. The molecule has 0 bridgehead atoms. The van der Waals surface area contributed by atoms with Crippen LogP contribution in [0.15, 0.2) is 0 Å². The predicted octanol–water partition coefficient (Wildman–Crippen LogP) is 0.559. The number of hydrogen-bond acceptors (Lipinski definition) is 4. The fourth-order valence-electron chi connectivity index (χ4n) is 2.22. The number of nitrogens with zero attached hydrogens (tertiary/aromatic N) is 1. The summed E-state index contributed by atoms with van der Waals surface area (Å²) >= 11 is 0. The van der Waals surface area contributed by atoms with E-state index in [0.29, 0.717) is 19.0 Å². The van der Waals surface area contributed by atoms with Crippen molar-refractivity contribution in [2.24, 2.45) is 11.8 Å². The molecule has 1 saturated heterocycles. The van der Waals surface area contributed by atoms with Crippen LogP contribution in [0.4, 0.5) is 0 Å². The first-order valence-corrected chi connectivity index (χ1v) is 7.09. The van der Waals surface area contributed by atoms with Gasteiger partial charge in [0.1, 0.15) is 6.04 Å². The third-order valence-electron chi connectivity index (χ3n) is 3.17. The molecule has 1 heterocycles. The maximum atomic E-state index is 12.0. The second-order valence-corrected chi connectivity index (χ2v) is 5.58. The zero-order valence-corrected chi connectivity index (χ0v) is 12.6. The van der Waals surface area contributed by atoms with Crippen molar-refractivity contribution in [2.75, 3.05) is 19.7 Å². The summed E-state index contributed by atoms with van der Waals surface area (Å²) in [5, 5.41) is 2.61. The SMILES string of the molecule is CCOC(=O)C(C)NC(=O)C1CC(=O)N(CC(C)C)C1. The zero-order valence-electron chi connectivity index (χ0n) is 12.6. The van der Waals surface area contributed by atoms with Crippen molar-refractivity contribution >= 4 is 17.8 Å². The van der Waals surface area contributed by atoms with Gasteiger partial charge in [-0.3, -0.25) is 9.59 Å². The molecule has 0 radical (unpaired) electrons. The number of esters is 1. The van der Waals surface area contributed by atoms with Gasteiger partial charge in [-0.05, 0) is 19.8 Å². The third kappa shape index (κ3) is 4.51.